The Hall–Kier alpha value is -2.20. The Morgan fingerprint density at radius 2 is 2.04 bits per heavy atom. The van der Waals surface area contributed by atoms with E-state index in [0.29, 0.717) is 18.0 Å². The molecule has 0 atom stereocenters. The van der Waals surface area contributed by atoms with Crippen molar-refractivity contribution in [2.75, 3.05) is 23.8 Å². The summed E-state index contributed by atoms with van der Waals surface area (Å²) in [7, 11) is 0. The van der Waals surface area contributed by atoms with E-state index in [1.807, 2.05) is 49.4 Å². The van der Waals surface area contributed by atoms with E-state index in [1.165, 1.54) is 0 Å². The Kier molecular flexibility index (Phi) is 5.88. The van der Waals surface area contributed by atoms with Crippen LogP contribution >= 0.6 is 12.4 Å². The molecule has 2 N–H and O–H groups in total. The summed E-state index contributed by atoms with van der Waals surface area (Å²) >= 11 is 0. The fourth-order valence-electron chi connectivity index (χ4n) is 2.76. The van der Waals surface area contributed by atoms with Crippen molar-refractivity contribution in [3.8, 4) is 5.75 Å². The first kappa shape index (κ1) is 17.2. The molecule has 0 aliphatic carbocycles. The van der Waals surface area contributed by atoms with Crippen LogP contribution in [0.2, 0.25) is 0 Å². The number of rotatable bonds is 4. The minimum atomic E-state index is -0.0901. The summed E-state index contributed by atoms with van der Waals surface area (Å²) in [5.74, 6) is 0.606. The highest BCUT2D eigenvalue weighted by Crippen LogP contribution is 2.28. The molecule has 2 aromatic carbocycles. The zero-order valence-corrected chi connectivity index (χ0v) is 13.9. The zero-order chi connectivity index (χ0) is 15.4. The van der Waals surface area contributed by atoms with Gasteiger partial charge in [-0.2, -0.15) is 0 Å². The van der Waals surface area contributed by atoms with Gasteiger partial charge in [0.2, 0.25) is 0 Å². The van der Waals surface area contributed by atoms with Gasteiger partial charge in [0.05, 0.1) is 12.3 Å². The van der Waals surface area contributed by atoms with Gasteiger partial charge in [-0.1, -0.05) is 18.2 Å². The normalized spacial score (nSPS) is 12.4. The molecule has 1 aliphatic rings. The molecule has 0 fully saturated rings. The second kappa shape index (κ2) is 7.88. The number of para-hydroxylation sites is 2. The fourth-order valence-corrected chi connectivity index (χ4v) is 2.76. The molecule has 23 heavy (non-hydrogen) atoms. The zero-order valence-electron chi connectivity index (χ0n) is 13.1. The van der Waals surface area contributed by atoms with Crippen LogP contribution in [0.25, 0.3) is 0 Å². The molecule has 3 rings (SSSR count). The Bertz CT molecular complexity index is 688. The van der Waals surface area contributed by atoms with Gasteiger partial charge in [0.15, 0.2) is 0 Å². The minimum Gasteiger partial charge on any atom is -0.492 e. The highest BCUT2D eigenvalue weighted by Gasteiger charge is 2.18. The van der Waals surface area contributed by atoms with Crippen LogP contribution in [0.3, 0.4) is 0 Å². The van der Waals surface area contributed by atoms with Crippen molar-refractivity contribution < 1.29 is 9.53 Å². The number of carbonyl (C=O) groups is 1. The first-order valence-corrected chi connectivity index (χ1v) is 7.68. The number of nitrogens with one attached hydrogen (secondary N) is 2. The second-order valence-electron chi connectivity index (χ2n) is 5.25. The summed E-state index contributed by atoms with van der Waals surface area (Å²) in [5, 5.41) is 6.32. The number of hydrogen-bond donors (Lipinski definition) is 2. The van der Waals surface area contributed by atoms with E-state index in [9.17, 15) is 4.79 Å². The predicted octanol–water partition coefficient (Wildman–Crippen LogP) is 4.12. The van der Waals surface area contributed by atoms with Gasteiger partial charge in [-0.25, -0.2) is 0 Å². The molecule has 1 aliphatic heterocycles. The van der Waals surface area contributed by atoms with Crippen LogP contribution in [0.1, 0.15) is 29.3 Å². The largest absolute Gasteiger partial charge is 0.492 e. The minimum absolute atomic E-state index is 0. The van der Waals surface area contributed by atoms with Crippen LogP contribution in [-0.4, -0.2) is 19.1 Å². The lowest BCUT2D eigenvalue weighted by atomic mass is 9.97. The third-order valence-electron chi connectivity index (χ3n) is 3.77. The molecular weight excluding hydrogens is 312 g/mol. The maximum absolute atomic E-state index is 12.6. The van der Waals surface area contributed by atoms with Crippen LogP contribution in [0, 0.1) is 0 Å². The van der Waals surface area contributed by atoms with E-state index in [1.54, 1.807) is 0 Å². The molecule has 0 spiro atoms. The molecule has 0 radical (unpaired) electrons. The molecule has 0 bridgehead atoms. The number of halogens is 1. The van der Waals surface area contributed by atoms with Crippen molar-refractivity contribution in [2.24, 2.45) is 0 Å². The van der Waals surface area contributed by atoms with E-state index in [0.717, 1.165) is 36.2 Å². The Labute approximate surface area is 142 Å². The highest BCUT2D eigenvalue weighted by atomic mass is 35.5. The van der Waals surface area contributed by atoms with Crippen LogP contribution < -0.4 is 15.4 Å². The SMILES string of the molecule is CCOc1ccccc1NC(=O)c1cccc2c1CCCN2.Cl. The van der Waals surface area contributed by atoms with Crippen molar-refractivity contribution in [1.29, 1.82) is 0 Å². The Morgan fingerprint density at radius 3 is 2.87 bits per heavy atom. The quantitative estimate of drug-likeness (QED) is 0.885. The highest BCUT2D eigenvalue weighted by molar-refractivity contribution is 6.07. The lowest BCUT2D eigenvalue weighted by molar-refractivity contribution is 0.102. The first-order valence-electron chi connectivity index (χ1n) is 7.68. The van der Waals surface area contributed by atoms with Crippen molar-refractivity contribution in [3.63, 3.8) is 0 Å². The number of anilines is 2. The van der Waals surface area contributed by atoms with Gasteiger partial charge < -0.3 is 15.4 Å². The first-order chi connectivity index (χ1) is 10.8. The van der Waals surface area contributed by atoms with Gasteiger partial charge in [-0.15, -0.1) is 12.4 Å². The van der Waals surface area contributed by atoms with Gasteiger partial charge >= 0.3 is 0 Å². The number of ether oxygens (including phenoxy) is 1. The maximum atomic E-state index is 12.6. The summed E-state index contributed by atoms with van der Waals surface area (Å²) < 4.78 is 5.56. The van der Waals surface area contributed by atoms with E-state index in [2.05, 4.69) is 10.6 Å². The topological polar surface area (TPSA) is 50.4 Å². The number of hydrogen-bond acceptors (Lipinski definition) is 3. The molecule has 4 nitrogen and oxygen atoms in total. The van der Waals surface area contributed by atoms with Gasteiger partial charge in [-0.3, -0.25) is 4.79 Å². The monoisotopic (exact) mass is 332 g/mol. The lowest BCUT2D eigenvalue weighted by Gasteiger charge is -2.21. The molecule has 122 valence electrons. The number of benzene rings is 2. The molecule has 1 heterocycles. The van der Waals surface area contributed by atoms with E-state index >= 15 is 0 Å². The summed E-state index contributed by atoms with van der Waals surface area (Å²) in [4.78, 5) is 12.6. The lowest BCUT2D eigenvalue weighted by Crippen LogP contribution is -2.19. The standard InChI is InChI=1S/C18H20N2O2.ClH/c1-2-22-17-11-4-3-9-16(17)20-18(21)14-7-5-10-15-13(14)8-6-12-19-15;/h3-5,7,9-11,19H,2,6,8,12H2,1H3,(H,20,21);1H. The van der Waals surface area contributed by atoms with Crippen LogP contribution in [0.15, 0.2) is 42.5 Å². The fraction of sp³-hybridized carbons (Fsp3) is 0.278. The van der Waals surface area contributed by atoms with Crippen molar-refractivity contribution in [1.82, 2.24) is 0 Å². The summed E-state index contributed by atoms with van der Waals surface area (Å²) in [6, 6.07) is 13.3. The number of carbonyl (C=O) groups excluding carboxylic acids is 1. The summed E-state index contributed by atoms with van der Waals surface area (Å²) in [6.45, 7) is 3.46. The van der Waals surface area contributed by atoms with Gasteiger partial charge in [0.1, 0.15) is 5.75 Å². The molecule has 0 saturated carbocycles. The van der Waals surface area contributed by atoms with Crippen LogP contribution in [-0.2, 0) is 6.42 Å². The van der Waals surface area contributed by atoms with Gasteiger partial charge in [0.25, 0.3) is 5.91 Å². The van der Waals surface area contributed by atoms with E-state index in [-0.39, 0.29) is 18.3 Å². The van der Waals surface area contributed by atoms with Crippen molar-refractivity contribution >= 4 is 29.7 Å². The second-order valence-corrected chi connectivity index (χ2v) is 5.25. The average Bonchev–Trinajstić information content (AvgIpc) is 2.56. The van der Waals surface area contributed by atoms with Crippen LogP contribution in [0.4, 0.5) is 11.4 Å². The molecule has 2 aromatic rings. The smallest absolute Gasteiger partial charge is 0.256 e. The van der Waals surface area contributed by atoms with E-state index < -0.39 is 0 Å². The average molecular weight is 333 g/mol. The summed E-state index contributed by atoms with van der Waals surface area (Å²) in [6.07, 6.45) is 1.98. The molecule has 1 amide bonds. The summed E-state index contributed by atoms with van der Waals surface area (Å²) in [5.41, 5.74) is 3.60. The van der Waals surface area contributed by atoms with Gasteiger partial charge in [-0.05, 0) is 49.6 Å². The molecule has 0 saturated heterocycles. The van der Waals surface area contributed by atoms with E-state index in [4.69, 9.17) is 4.74 Å². The van der Waals surface area contributed by atoms with Crippen LogP contribution in [0.5, 0.6) is 5.75 Å². The Morgan fingerprint density at radius 1 is 1.22 bits per heavy atom. The maximum Gasteiger partial charge on any atom is 0.256 e. The Balaban J connectivity index is 0.00000192. The van der Waals surface area contributed by atoms with Gasteiger partial charge in [0, 0.05) is 17.8 Å². The van der Waals surface area contributed by atoms with Crippen molar-refractivity contribution in [3.05, 3.63) is 53.6 Å². The molecule has 0 unspecified atom stereocenters. The van der Waals surface area contributed by atoms with Crippen molar-refractivity contribution in [2.45, 2.75) is 19.8 Å². The molecule has 0 aromatic heterocycles. The molecule has 5 heteroatoms. The number of fused-ring (bicyclic) bond motifs is 1. The molecular formula is C18H21ClN2O2. The third-order valence-corrected chi connectivity index (χ3v) is 3.77. The third kappa shape index (κ3) is 3.77. The predicted molar refractivity (Wildman–Crippen MR) is 96.1 cm³/mol. The number of amides is 1.